The Labute approximate surface area is 148 Å². The number of benzene rings is 1. The van der Waals surface area contributed by atoms with Crippen LogP contribution >= 0.6 is 10.6 Å². The van der Waals surface area contributed by atoms with Crippen LogP contribution in [0.3, 0.4) is 0 Å². The van der Waals surface area contributed by atoms with Gasteiger partial charge in [0.05, 0.1) is 11.3 Å². The molecule has 2 aromatic rings. The summed E-state index contributed by atoms with van der Waals surface area (Å²) in [5.74, 6) is -4.58. The molecule has 0 spiro atoms. The lowest BCUT2D eigenvalue weighted by molar-refractivity contribution is 0.0690. The van der Waals surface area contributed by atoms with Crippen LogP contribution in [0.4, 0.5) is 13.2 Å². The lowest BCUT2D eigenvalue weighted by Crippen LogP contribution is -2.12. The van der Waals surface area contributed by atoms with Gasteiger partial charge in [-0.25, -0.2) is 22.9 Å². The molecule has 0 atom stereocenters. The molecule has 0 saturated heterocycles. The van der Waals surface area contributed by atoms with Crippen molar-refractivity contribution in [2.75, 3.05) is 11.5 Å². The Hall–Kier alpha value is -2.36. The molecule has 2 heterocycles. The van der Waals surface area contributed by atoms with E-state index in [1.165, 1.54) is 6.08 Å². The summed E-state index contributed by atoms with van der Waals surface area (Å²) in [6, 6.07) is 3.68. The molecule has 1 aromatic heterocycles. The van der Waals surface area contributed by atoms with Gasteiger partial charge in [0.1, 0.15) is 28.8 Å². The van der Waals surface area contributed by atoms with Crippen LogP contribution in [-0.2, 0) is 0 Å². The number of hydrogen-bond acceptors (Lipinski definition) is 4. The fourth-order valence-electron chi connectivity index (χ4n) is 2.68. The van der Waals surface area contributed by atoms with E-state index in [2.05, 4.69) is 4.98 Å². The lowest BCUT2D eigenvalue weighted by Gasteiger charge is -2.35. The molecule has 138 valence electrons. The second-order valence-electron chi connectivity index (χ2n) is 5.80. The summed E-state index contributed by atoms with van der Waals surface area (Å²) < 4.78 is 62.2. The average molecular weight is 385 g/mol. The summed E-state index contributed by atoms with van der Waals surface area (Å²) in [5, 5.41) is 8.92. The van der Waals surface area contributed by atoms with Crippen LogP contribution in [0.25, 0.3) is 16.8 Å². The first-order valence-electron chi connectivity index (χ1n) is 7.50. The molecule has 3 N–H and O–H groups in total. The first-order valence-corrected chi connectivity index (χ1v) is 9.39. The third-order valence-corrected chi connectivity index (χ3v) is 5.57. The van der Waals surface area contributed by atoms with E-state index in [0.717, 1.165) is 24.3 Å². The zero-order valence-electron chi connectivity index (χ0n) is 13.2. The summed E-state index contributed by atoms with van der Waals surface area (Å²) >= 11 is 0. The summed E-state index contributed by atoms with van der Waals surface area (Å²) in [4.78, 5) is 14.5. The molecule has 0 aliphatic carbocycles. The maximum Gasteiger partial charge on any atom is 0.354 e. The summed E-state index contributed by atoms with van der Waals surface area (Å²) in [5.41, 5.74) is -1.26. The van der Waals surface area contributed by atoms with Crippen LogP contribution in [-0.4, -0.2) is 36.7 Å². The third kappa shape index (κ3) is 3.59. The molecular formula is C17H14F3NO4S. The fraction of sp³-hybridized carbons (Fsp3) is 0.176. The molecule has 1 aliphatic rings. The Kier molecular flexibility index (Phi) is 4.78. The van der Waals surface area contributed by atoms with Crippen molar-refractivity contribution >= 4 is 22.1 Å². The van der Waals surface area contributed by atoms with E-state index < -0.39 is 51.0 Å². The van der Waals surface area contributed by atoms with E-state index in [-0.39, 0.29) is 23.5 Å². The van der Waals surface area contributed by atoms with Gasteiger partial charge in [0.25, 0.3) is 0 Å². The van der Waals surface area contributed by atoms with Gasteiger partial charge in [0, 0.05) is 5.75 Å². The number of carboxylic acids is 1. The van der Waals surface area contributed by atoms with Crippen LogP contribution in [0.2, 0.25) is 0 Å². The largest absolute Gasteiger partial charge is 0.477 e. The zero-order chi connectivity index (χ0) is 19.1. The molecule has 0 amide bonds. The standard InChI is InChI=1S/C17H14F3NO4S/c18-11-1-2-14(17(22)23)21-16(11)15-12(19)7-10(8-13(15)20)9-3-5-26(24,25)6-4-9/h1-3,7-8,24-25H,4-6H2,(H,22,23). The van der Waals surface area contributed by atoms with Crippen LogP contribution < -0.4 is 0 Å². The monoisotopic (exact) mass is 385 g/mol. The molecule has 0 saturated carbocycles. The number of hydrogen-bond donors (Lipinski definition) is 3. The van der Waals surface area contributed by atoms with Crippen molar-refractivity contribution < 1.29 is 32.2 Å². The Morgan fingerprint density at radius 2 is 1.73 bits per heavy atom. The Balaban J connectivity index is 2.06. The Morgan fingerprint density at radius 3 is 2.27 bits per heavy atom. The van der Waals surface area contributed by atoms with Crippen molar-refractivity contribution in [2.24, 2.45) is 0 Å². The topological polar surface area (TPSA) is 90.7 Å². The predicted molar refractivity (Wildman–Crippen MR) is 91.7 cm³/mol. The molecule has 9 heteroatoms. The van der Waals surface area contributed by atoms with Gasteiger partial charge in [0.15, 0.2) is 0 Å². The van der Waals surface area contributed by atoms with Crippen molar-refractivity contribution in [1.29, 1.82) is 0 Å². The maximum absolute atomic E-state index is 14.5. The normalized spacial score (nSPS) is 17.5. The highest BCUT2D eigenvalue weighted by Crippen LogP contribution is 2.45. The minimum atomic E-state index is -2.69. The molecule has 0 radical (unpaired) electrons. The van der Waals surface area contributed by atoms with Gasteiger partial charge < -0.3 is 5.11 Å². The summed E-state index contributed by atoms with van der Waals surface area (Å²) in [6.45, 7) is 0. The highest BCUT2D eigenvalue weighted by Gasteiger charge is 2.23. The molecule has 1 aliphatic heterocycles. The SMILES string of the molecule is O=C(O)c1ccc(F)c(-c2c(F)cc(C3=CCS(O)(O)CC3)cc2F)n1. The minimum Gasteiger partial charge on any atom is -0.477 e. The van der Waals surface area contributed by atoms with Gasteiger partial charge in [-0.2, -0.15) is 10.6 Å². The number of carboxylic acid groups (broad SMARTS) is 1. The summed E-state index contributed by atoms with van der Waals surface area (Å²) in [6.07, 6.45) is 1.75. The van der Waals surface area contributed by atoms with Crippen LogP contribution in [0.5, 0.6) is 0 Å². The average Bonchev–Trinajstić information content (AvgIpc) is 2.55. The number of rotatable bonds is 3. The number of pyridine rings is 1. The van der Waals surface area contributed by atoms with Gasteiger partial charge >= 0.3 is 5.97 Å². The van der Waals surface area contributed by atoms with Crippen LogP contribution in [0.15, 0.2) is 30.3 Å². The molecule has 0 bridgehead atoms. The van der Waals surface area contributed by atoms with E-state index in [9.17, 15) is 27.1 Å². The van der Waals surface area contributed by atoms with E-state index in [4.69, 9.17) is 5.11 Å². The molecule has 0 fully saturated rings. The molecule has 1 aromatic carbocycles. The van der Waals surface area contributed by atoms with Crippen LogP contribution in [0, 0.1) is 17.5 Å². The van der Waals surface area contributed by atoms with Crippen molar-refractivity contribution in [3.63, 3.8) is 0 Å². The van der Waals surface area contributed by atoms with E-state index >= 15 is 0 Å². The van der Waals surface area contributed by atoms with E-state index in [1.54, 1.807) is 0 Å². The zero-order valence-corrected chi connectivity index (χ0v) is 14.1. The maximum atomic E-state index is 14.5. The number of halogens is 3. The first kappa shape index (κ1) is 18.4. The van der Waals surface area contributed by atoms with E-state index in [0.29, 0.717) is 5.57 Å². The smallest absolute Gasteiger partial charge is 0.354 e. The summed E-state index contributed by atoms with van der Waals surface area (Å²) in [7, 11) is -2.69. The van der Waals surface area contributed by atoms with Gasteiger partial charge in [-0.05, 0) is 41.8 Å². The molecule has 5 nitrogen and oxygen atoms in total. The van der Waals surface area contributed by atoms with Crippen LogP contribution in [0.1, 0.15) is 22.5 Å². The highest BCUT2D eigenvalue weighted by molar-refractivity contribution is 8.24. The number of aromatic carboxylic acids is 1. The Bertz CT molecular complexity index is 907. The fourth-order valence-corrected chi connectivity index (χ4v) is 3.86. The van der Waals surface area contributed by atoms with E-state index in [1.807, 2.05) is 0 Å². The second-order valence-corrected chi connectivity index (χ2v) is 8.15. The minimum absolute atomic E-state index is 0.00413. The van der Waals surface area contributed by atoms with Gasteiger partial charge in [-0.1, -0.05) is 6.08 Å². The first-order chi connectivity index (χ1) is 12.2. The Morgan fingerprint density at radius 1 is 1.08 bits per heavy atom. The molecule has 3 rings (SSSR count). The second kappa shape index (κ2) is 6.75. The third-order valence-electron chi connectivity index (χ3n) is 4.01. The number of aromatic nitrogens is 1. The number of allylic oxidation sites excluding steroid dienone is 1. The van der Waals surface area contributed by atoms with Gasteiger partial charge in [-0.3, -0.25) is 9.11 Å². The predicted octanol–water partition coefficient (Wildman–Crippen LogP) is 4.40. The lowest BCUT2D eigenvalue weighted by atomic mass is 9.99. The molecular weight excluding hydrogens is 371 g/mol. The molecule has 0 unspecified atom stereocenters. The van der Waals surface area contributed by atoms with Crippen molar-refractivity contribution in [3.8, 4) is 11.3 Å². The van der Waals surface area contributed by atoms with Crippen molar-refractivity contribution in [1.82, 2.24) is 4.98 Å². The molecule has 26 heavy (non-hydrogen) atoms. The highest BCUT2D eigenvalue weighted by atomic mass is 32.3. The number of carbonyl (C=O) groups is 1. The quantitative estimate of drug-likeness (QED) is 0.728. The number of nitrogens with zero attached hydrogens (tertiary/aromatic N) is 1. The van der Waals surface area contributed by atoms with Gasteiger partial charge in [0.2, 0.25) is 0 Å². The van der Waals surface area contributed by atoms with Gasteiger partial charge in [-0.15, -0.1) is 0 Å². The van der Waals surface area contributed by atoms with Crippen molar-refractivity contribution in [2.45, 2.75) is 6.42 Å². The van der Waals surface area contributed by atoms with Crippen molar-refractivity contribution in [3.05, 3.63) is 59.1 Å².